The molecule has 1 saturated heterocycles. The maximum absolute atomic E-state index is 11.9. The fourth-order valence-electron chi connectivity index (χ4n) is 3.13. The van der Waals surface area contributed by atoms with Gasteiger partial charge < -0.3 is 15.4 Å². The van der Waals surface area contributed by atoms with Gasteiger partial charge in [-0.2, -0.15) is 0 Å². The lowest BCUT2D eigenvalue weighted by atomic mass is 10.1. The molecular weight excluding hydrogens is 240 g/mol. The van der Waals surface area contributed by atoms with E-state index in [4.69, 9.17) is 10.5 Å². The van der Waals surface area contributed by atoms with E-state index in [9.17, 15) is 4.79 Å². The molecular formula is C15H28N2O2. The van der Waals surface area contributed by atoms with Gasteiger partial charge in [0.1, 0.15) is 0 Å². The lowest BCUT2D eigenvalue weighted by Crippen LogP contribution is -2.42. The molecule has 19 heavy (non-hydrogen) atoms. The monoisotopic (exact) mass is 268 g/mol. The Morgan fingerprint density at radius 1 is 1.26 bits per heavy atom. The minimum atomic E-state index is -0.0381. The van der Waals surface area contributed by atoms with Gasteiger partial charge in [-0.3, -0.25) is 4.79 Å². The molecule has 1 aliphatic carbocycles. The first kappa shape index (κ1) is 14.8. The number of ether oxygens (including phenoxy) is 1. The molecule has 1 amide bonds. The van der Waals surface area contributed by atoms with Crippen LogP contribution in [0.25, 0.3) is 0 Å². The maximum Gasteiger partial charge on any atom is 0.224 e. The van der Waals surface area contributed by atoms with E-state index in [1.807, 2.05) is 11.8 Å². The Bertz CT molecular complexity index is 280. The minimum Gasteiger partial charge on any atom is -0.378 e. The van der Waals surface area contributed by atoms with Crippen molar-refractivity contribution in [3.63, 3.8) is 0 Å². The summed E-state index contributed by atoms with van der Waals surface area (Å²) in [5, 5.41) is 0. The largest absolute Gasteiger partial charge is 0.378 e. The molecule has 0 aromatic carbocycles. The van der Waals surface area contributed by atoms with Gasteiger partial charge in [-0.05, 0) is 38.5 Å². The predicted molar refractivity (Wildman–Crippen MR) is 75.8 cm³/mol. The topological polar surface area (TPSA) is 55.6 Å². The first-order chi connectivity index (χ1) is 9.15. The highest BCUT2D eigenvalue weighted by Crippen LogP contribution is 2.26. The molecule has 0 bridgehead atoms. The van der Waals surface area contributed by atoms with Crippen LogP contribution in [0.1, 0.15) is 51.9 Å². The predicted octanol–water partition coefficient (Wildman–Crippen LogP) is 1.92. The minimum absolute atomic E-state index is 0.0381. The van der Waals surface area contributed by atoms with Crippen LogP contribution in [-0.2, 0) is 9.53 Å². The van der Waals surface area contributed by atoms with Crippen LogP contribution < -0.4 is 5.73 Å². The molecule has 1 saturated carbocycles. The molecule has 1 atom stereocenters. The second-order valence-corrected chi connectivity index (χ2v) is 6.25. The molecule has 4 nitrogen and oxygen atoms in total. The van der Waals surface area contributed by atoms with E-state index in [0.717, 1.165) is 38.5 Å². The summed E-state index contributed by atoms with van der Waals surface area (Å²) in [6.45, 7) is 4.48. The highest BCUT2D eigenvalue weighted by Gasteiger charge is 2.24. The summed E-state index contributed by atoms with van der Waals surface area (Å²) in [5.74, 6) is 0.988. The second-order valence-electron chi connectivity index (χ2n) is 6.25. The molecule has 0 aromatic heterocycles. The molecule has 2 N–H and O–H groups in total. The Morgan fingerprint density at radius 3 is 2.47 bits per heavy atom. The van der Waals surface area contributed by atoms with Crippen LogP contribution in [0.5, 0.6) is 0 Å². The molecule has 4 heteroatoms. The van der Waals surface area contributed by atoms with Crippen molar-refractivity contribution in [3.8, 4) is 0 Å². The third-order valence-electron chi connectivity index (χ3n) is 4.33. The Labute approximate surface area is 116 Å². The zero-order chi connectivity index (χ0) is 13.7. The third kappa shape index (κ3) is 4.77. The summed E-state index contributed by atoms with van der Waals surface area (Å²) in [7, 11) is 0. The highest BCUT2D eigenvalue weighted by molar-refractivity contribution is 5.76. The van der Waals surface area contributed by atoms with E-state index >= 15 is 0 Å². The average Bonchev–Trinajstić information content (AvgIpc) is 2.89. The van der Waals surface area contributed by atoms with E-state index in [1.165, 1.54) is 25.7 Å². The van der Waals surface area contributed by atoms with Crippen LogP contribution in [0.3, 0.4) is 0 Å². The number of nitrogens with two attached hydrogens (primary N) is 1. The van der Waals surface area contributed by atoms with E-state index in [2.05, 4.69) is 0 Å². The summed E-state index contributed by atoms with van der Waals surface area (Å²) in [4.78, 5) is 13.8. The fraction of sp³-hybridized carbons (Fsp3) is 0.933. The standard InChI is InChI=1S/C15H28N2O2/c1-12(16)10-15(18)17-8-6-14(7-9-17)19-11-13-4-2-3-5-13/h12-14H,2-11,16H2,1H3. The normalized spacial score (nSPS) is 23.8. The number of hydrogen-bond donors (Lipinski definition) is 1. The summed E-state index contributed by atoms with van der Waals surface area (Å²) in [6, 6.07) is -0.0381. The van der Waals surface area contributed by atoms with Gasteiger partial charge in [0.2, 0.25) is 5.91 Å². The Hall–Kier alpha value is -0.610. The number of nitrogens with zero attached hydrogens (tertiary/aromatic N) is 1. The molecule has 0 spiro atoms. The van der Waals surface area contributed by atoms with Gasteiger partial charge >= 0.3 is 0 Å². The van der Waals surface area contributed by atoms with E-state index in [1.54, 1.807) is 0 Å². The van der Waals surface area contributed by atoms with Crippen molar-refractivity contribution in [2.24, 2.45) is 11.7 Å². The molecule has 110 valence electrons. The fourth-order valence-corrected chi connectivity index (χ4v) is 3.13. The summed E-state index contributed by atoms with van der Waals surface area (Å²) in [6.07, 6.45) is 8.22. The molecule has 2 rings (SSSR count). The first-order valence-corrected chi connectivity index (χ1v) is 7.80. The van der Waals surface area contributed by atoms with Gasteiger partial charge in [-0.1, -0.05) is 12.8 Å². The van der Waals surface area contributed by atoms with Crippen LogP contribution in [0.15, 0.2) is 0 Å². The third-order valence-corrected chi connectivity index (χ3v) is 4.33. The van der Waals surface area contributed by atoms with Crippen molar-refractivity contribution in [1.82, 2.24) is 4.90 Å². The molecule has 1 unspecified atom stereocenters. The van der Waals surface area contributed by atoms with E-state index in [0.29, 0.717) is 12.5 Å². The maximum atomic E-state index is 11.9. The number of amides is 1. The number of likely N-dealkylation sites (tertiary alicyclic amines) is 1. The second kappa shape index (κ2) is 7.25. The smallest absolute Gasteiger partial charge is 0.224 e. The zero-order valence-corrected chi connectivity index (χ0v) is 12.1. The number of carbonyl (C=O) groups is 1. The van der Waals surface area contributed by atoms with Gasteiger partial charge in [-0.15, -0.1) is 0 Å². The molecule has 0 radical (unpaired) electrons. The van der Waals surface area contributed by atoms with Crippen molar-refractivity contribution in [2.45, 2.75) is 64.0 Å². The van der Waals surface area contributed by atoms with E-state index < -0.39 is 0 Å². The summed E-state index contributed by atoms with van der Waals surface area (Å²) in [5.41, 5.74) is 5.67. The van der Waals surface area contributed by atoms with Crippen LogP contribution >= 0.6 is 0 Å². The van der Waals surface area contributed by atoms with Crippen molar-refractivity contribution in [2.75, 3.05) is 19.7 Å². The summed E-state index contributed by atoms with van der Waals surface area (Å²) < 4.78 is 6.01. The molecule has 1 heterocycles. The van der Waals surface area contributed by atoms with Gasteiger partial charge in [0, 0.05) is 32.2 Å². The van der Waals surface area contributed by atoms with Crippen LogP contribution in [-0.4, -0.2) is 42.6 Å². The molecule has 0 aromatic rings. The van der Waals surface area contributed by atoms with Crippen molar-refractivity contribution in [3.05, 3.63) is 0 Å². The molecule has 1 aliphatic heterocycles. The SMILES string of the molecule is CC(N)CC(=O)N1CCC(OCC2CCCC2)CC1. The van der Waals surface area contributed by atoms with Crippen LogP contribution in [0.4, 0.5) is 0 Å². The number of hydrogen-bond acceptors (Lipinski definition) is 3. The Balaban J connectivity index is 1.63. The lowest BCUT2D eigenvalue weighted by Gasteiger charge is -2.32. The summed E-state index contributed by atoms with van der Waals surface area (Å²) >= 11 is 0. The lowest BCUT2D eigenvalue weighted by molar-refractivity contribution is -0.134. The van der Waals surface area contributed by atoms with Crippen molar-refractivity contribution >= 4 is 5.91 Å². The zero-order valence-electron chi connectivity index (χ0n) is 12.1. The van der Waals surface area contributed by atoms with Gasteiger partial charge in [0.05, 0.1) is 6.10 Å². The van der Waals surface area contributed by atoms with Crippen molar-refractivity contribution in [1.29, 1.82) is 0 Å². The van der Waals surface area contributed by atoms with Crippen molar-refractivity contribution < 1.29 is 9.53 Å². The number of piperidine rings is 1. The number of carbonyl (C=O) groups excluding carboxylic acids is 1. The van der Waals surface area contributed by atoms with Gasteiger partial charge in [-0.25, -0.2) is 0 Å². The first-order valence-electron chi connectivity index (χ1n) is 7.80. The Kier molecular flexibility index (Phi) is 5.64. The Morgan fingerprint density at radius 2 is 1.89 bits per heavy atom. The van der Waals surface area contributed by atoms with Gasteiger partial charge in [0.15, 0.2) is 0 Å². The average molecular weight is 268 g/mol. The van der Waals surface area contributed by atoms with Crippen LogP contribution in [0, 0.1) is 5.92 Å². The number of rotatable bonds is 5. The van der Waals surface area contributed by atoms with Gasteiger partial charge in [0.25, 0.3) is 0 Å². The van der Waals surface area contributed by atoms with Crippen LogP contribution in [0.2, 0.25) is 0 Å². The molecule has 2 aliphatic rings. The highest BCUT2D eigenvalue weighted by atomic mass is 16.5. The quantitative estimate of drug-likeness (QED) is 0.829. The molecule has 2 fully saturated rings. The van der Waals surface area contributed by atoms with E-state index in [-0.39, 0.29) is 11.9 Å².